The van der Waals surface area contributed by atoms with Crippen LogP contribution in [0.15, 0.2) is 6.07 Å². The Balaban J connectivity index is 2.97. The molecule has 0 fully saturated rings. The Hall–Kier alpha value is -0.480. The normalized spacial score (nSPS) is 13.7. The van der Waals surface area contributed by atoms with Crippen LogP contribution >= 0.6 is 11.3 Å². The highest BCUT2D eigenvalue weighted by Crippen LogP contribution is 2.30. The summed E-state index contributed by atoms with van der Waals surface area (Å²) >= 11 is 1.54. The number of hydrogen-bond donors (Lipinski definition) is 1. The molecule has 1 nitrogen and oxygen atoms in total. The van der Waals surface area contributed by atoms with Crippen molar-refractivity contribution in [1.82, 2.24) is 0 Å². The fraction of sp³-hybridized carbons (Fsp3) is 0.556. The number of nitrogens with two attached hydrogens (primary N) is 1. The van der Waals surface area contributed by atoms with Gasteiger partial charge in [-0.25, -0.2) is 8.78 Å². The number of alkyl halides is 2. The van der Waals surface area contributed by atoms with E-state index in [4.69, 9.17) is 5.73 Å². The molecular weight excluding hydrogens is 192 g/mol. The van der Waals surface area contributed by atoms with E-state index in [1.54, 1.807) is 11.3 Å². The number of aryl methyl sites for hydroxylation is 2. The van der Waals surface area contributed by atoms with Crippen LogP contribution in [0, 0.1) is 13.8 Å². The van der Waals surface area contributed by atoms with Gasteiger partial charge in [0.05, 0.1) is 5.92 Å². The van der Waals surface area contributed by atoms with Crippen molar-refractivity contribution >= 4 is 11.3 Å². The highest BCUT2D eigenvalue weighted by atomic mass is 32.1. The molecule has 1 unspecified atom stereocenters. The molecule has 1 aromatic rings. The predicted molar refractivity (Wildman–Crippen MR) is 51.6 cm³/mol. The third-order valence-corrected chi connectivity index (χ3v) is 3.02. The zero-order chi connectivity index (χ0) is 10.0. The van der Waals surface area contributed by atoms with E-state index in [0.29, 0.717) is 5.56 Å². The van der Waals surface area contributed by atoms with E-state index < -0.39 is 12.3 Å². The van der Waals surface area contributed by atoms with Crippen molar-refractivity contribution in [2.45, 2.75) is 26.2 Å². The zero-order valence-corrected chi connectivity index (χ0v) is 8.50. The Labute approximate surface area is 80.6 Å². The summed E-state index contributed by atoms with van der Waals surface area (Å²) in [5.41, 5.74) is 6.02. The van der Waals surface area contributed by atoms with Crippen LogP contribution in [0.4, 0.5) is 8.78 Å². The summed E-state index contributed by atoms with van der Waals surface area (Å²) in [7, 11) is 0. The van der Waals surface area contributed by atoms with Crippen molar-refractivity contribution in [3.8, 4) is 0 Å². The van der Waals surface area contributed by atoms with E-state index in [9.17, 15) is 8.78 Å². The van der Waals surface area contributed by atoms with E-state index in [1.165, 1.54) is 0 Å². The first-order valence-electron chi connectivity index (χ1n) is 4.11. The van der Waals surface area contributed by atoms with Crippen LogP contribution in [0.5, 0.6) is 0 Å². The molecule has 0 aromatic carbocycles. The van der Waals surface area contributed by atoms with E-state index in [0.717, 1.165) is 9.75 Å². The van der Waals surface area contributed by atoms with Crippen LogP contribution in [0.1, 0.15) is 21.2 Å². The maximum atomic E-state index is 12.5. The Morgan fingerprint density at radius 2 is 2.08 bits per heavy atom. The lowest BCUT2D eigenvalue weighted by atomic mass is 10.0. The molecule has 1 aromatic heterocycles. The van der Waals surface area contributed by atoms with E-state index in [-0.39, 0.29) is 6.54 Å². The van der Waals surface area contributed by atoms with Crippen LogP contribution in [0.2, 0.25) is 0 Å². The molecule has 1 atom stereocenters. The Kier molecular flexibility index (Phi) is 3.39. The molecule has 74 valence electrons. The number of hydrogen-bond acceptors (Lipinski definition) is 2. The van der Waals surface area contributed by atoms with E-state index >= 15 is 0 Å². The summed E-state index contributed by atoms with van der Waals surface area (Å²) < 4.78 is 25.0. The smallest absolute Gasteiger partial charge is 0.246 e. The van der Waals surface area contributed by atoms with Crippen molar-refractivity contribution < 1.29 is 8.78 Å². The first-order valence-corrected chi connectivity index (χ1v) is 4.93. The fourth-order valence-electron chi connectivity index (χ4n) is 1.38. The van der Waals surface area contributed by atoms with Gasteiger partial charge in [0.15, 0.2) is 0 Å². The molecule has 0 amide bonds. The third-order valence-electron chi connectivity index (χ3n) is 2.04. The average molecular weight is 205 g/mol. The van der Waals surface area contributed by atoms with Crippen LogP contribution < -0.4 is 5.73 Å². The molecule has 1 heterocycles. The maximum Gasteiger partial charge on any atom is 0.246 e. The lowest BCUT2D eigenvalue weighted by Gasteiger charge is -2.12. The SMILES string of the molecule is Cc1cc(C(CN)C(F)F)c(C)s1. The first-order chi connectivity index (χ1) is 6.06. The fourth-order valence-corrected chi connectivity index (χ4v) is 2.38. The number of halogens is 2. The van der Waals surface area contributed by atoms with E-state index in [2.05, 4.69) is 0 Å². The van der Waals surface area contributed by atoms with Crippen molar-refractivity contribution in [3.63, 3.8) is 0 Å². The van der Waals surface area contributed by atoms with Crippen LogP contribution in [-0.4, -0.2) is 13.0 Å². The molecule has 4 heteroatoms. The minimum Gasteiger partial charge on any atom is -0.330 e. The van der Waals surface area contributed by atoms with Gasteiger partial charge in [-0.15, -0.1) is 11.3 Å². The summed E-state index contributed by atoms with van der Waals surface area (Å²) in [6, 6.07) is 1.81. The molecule has 0 aliphatic rings. The minimum absolute atomic E-state index is 0.00861. The van der Waals surface area contributed by atoms with Gasteiger partial charge in [-0.2, -0.15) is 0 Å². The molecular formula is C9H13F2NS. The third kappa shape index (κ3) is 2.25. The Bertz CT molecular complexity index is 283. The van der Waals surface area contributed by atoms with Gasteiger partial charge in [0, 0.05) is 16.3 Å². The topological polar surface area (TPSA) is 26.0 Å². The average Bonchev–Trinajstić information content (AvgIpc) is 2.31. The second kappa shape index (κ2) is 4.15. The zero-order valence-electron chi connectivity index (χ0n) is 7.68. The molecule has 0 bridgehead atoms. The second-order valence-corrected chi connectivity index (χ2v) is 4.51. The van der Waals surface area contributed by atoms with Gasteiger partial charge in [0.25, 0.3) is 0 Å². The lowest BCUT2D eigenvalue weighted by Crippen LogP contribution is -2.19. The van der Waals surface area contributed by atoms with Crippen molar-refractivity contribution in [3.05, 3.63) is 21.4 Å². The highest BCUT2D eigenvalue weighted by Gasteiger charge is 2.23. The monoisotopic (exact) mass is 205 g/mol. The lowest BCUT2D eigenvalue weighted by molar-refractivity contribution is 0.117. The molecule has 0 saturated carbocycles. The molecule has 2 N–H and O–H groups in total. The Morgan fingerprint density at radius 3 is 2.38 bits per heavy atom. The van der Waals surface area contributed by atoms with Crippen molar-refractivity contribution in [1.29, 1.82) is 0 Å². The van der Waals surface area contributed by atoms with Gasteiger partial charge in [0.2, 0.25) is 6.43 Å². The van der Waals surface area contributed by atoms with Crippen LogP contribution in [-0.2, 0) is 0 Å². The molecule has 13 heavy (non-hydrogen) atoms. The second-order valence-electron chi connectivity index (χ2n) is 3.05. The molecule has 0 radical (unpaired) electrons. The minimum atomic E-state index is -2.36. The quantitative estimate of drug-likeness (QED) is 0.806. The number of thiophene rings is 1. The standard InChI is InChI=1S/C9H13F2NS/c1-5-3-7(6(2)13-5)8(4-12)9(10)11/h3,8-9H,4,12H2,1-2H3. The molecule has 0 spiro atoms. The first kappa shape index (κ1) is 10.6. The summed E-state index contributed by atoms with van der Waals surface area (Å²) in [6.07, 6.45) is -2.36. The van der Waals surface area contributed by atoms with Gasteiger partial charge in [-0.05, 0) is 25.5 Å². The van der Waals surface area contributed by atoms with Gasteiger partial charge >= 0.3 is 0 Å². The summed E-state index contributed by atoms with van der Waals surface area (Å²) in [5.74, 6) is -0.801. The number of rotatable bonds is 3. The molecule has 0 aliphatic heterocycles. The summed E-state index contributed by atoms with van der Waals surface area (Å²) in [5, 5.41) is 0. The van der Waals surface area contributed by atoms with Crippen molar-refractivity contribution in [2.24, 2.45) is 5.73 Å². The molecule has 0 saturated heterocycles. The van der Waals surface area contributed by atoms with Gasteiger partial charge < -0.3 is 5.73 Å². The Morgan fingerprint density at radius 1 is 1.46 bits per heavy atom. The maximum absolute atomic E-state index is 12.5. The van der Waals surface area contributed by atoms with Gasteiger partial charge in [-0.3, -0.25) is 0 Å². The molecule has 0 aliphatic carbocycles. The van der Waals surface area contributed by atoms with E-state index in [1.807, 2.05) is 19.9 Å². The predicted octanol–water partition coefficient (Wildman–Crippen LogP) is 2.67. The van der Waals surface area contributed by atoms with Gasteiger partial charge in [0.1, 0.15) is 0 Å². The largest absolute Gasteiger partial charge is 0.330 e. The van der Waals surface area contributed by atoms with Crippen LogP contribution in [0.3, 0.4) is 0 Å². The highest BCUT2D eigenvalue weighted by molar-refractivity contribution is 7.12. The summed E-state index contributed by atoms with van der Waals surface area (Å²) in [6.45, 7) is 3.78. The molecule has 1 rings (SSSR count). The summed E-state index contributed by atoms with van der Waals surface area (Å²) in [4.78, 5) is 2.01. The van der Waals surface area contributed by atoms with Crippen LogP contribution in [0.25, 0.3) is 0 Å². The van der Waals surface area contributed by atoms with Crippen molar-refractivity contribution in [2.75, 3.05) is 6.54 Å². The van der Waals surface area contributed by atoms with Gasteiger partial charge in [-0.1, -0.05) is 0 Å².